The first-order chi connectivity index (χ1) is 8.53. The average Bonchev–Trinajstić information content (AvgIpc) is 2.39. The van der Waals surface area contributed by atoms with E-state index >= 15 is 0 Å². The minimum Gasteiger partial charge on any atom is -0.367 e. The van der Waals surface area contributed by atoms with Crippen molar-refractivity contribution in [1.82, 2.24) is 10.2 Å². The Morgan fingerprint density at radius 2 is 2.06 bits per heavy atom. The lowest BCUT2D eigenvalue weighted by Crippen LogP contribution is -2.59. The molecular weight excluding hydrogens is 234 g/mol. The minimum atomic E-state index is -1.04. The summed E-state index contributed by atoms with van der Waals surface area (Å²) >= 11 is 0. The van der Waals surface area contributed by atoms with Crippen molar-refractivity contribution in [2.45, 2.75) is 25.4 Å². The van der Waals surface area contributed by atoms with Gasteiger partial charge in [-0.1, -0.05) is 0 Å². The Labute approximate surface area is 107 Å². The van der Waals surface area contributed by atoms with E-state index in [0.29, 0.717) is 13.2 Å². The number of carbonyl (C=O) groups is 2. The number of nitrogens with one attached hydrogen (secondary N) is 1. The molecule has 0 aromatic heterocycles. The molecule has 0 radical (unpaired) electrons. The zero-order valence-electron chi connectivity index (χ0n) is 10.8. The highest BCUT2D eigenvalue weighted by atomic mass is 16.5. The van der Waals surface area contributed by atoms with Crippen LogP contribution in [0.25, 0.3) is 0 Å². The fourth-order valence-corrected chi connectivity index (χ4v) is 2.53. The van der Waals surface area contributed by atoms with Crippen LogP contribution in [0, 0.1) is 5.92 Å². The molecule has 6 heteroatoms. The zero-order valence-corrected chi connectivity index (χ0v) is 10.8. The molecule has 0 unspecified atom stereocenters. The number of nitrogens with zero attached hydrogens (tertiary/aromatic N) is 1. The molecule has 102 valence electrons. The Hall–Kier alpha value is -1.14. The van der Waals surface area contributed by atoms with Crippen LogP contribution in [0.4, 0.5) is 0 Å². The van der Waals surface area contributed by atoms with Gasteiger partial charge < -0.3 is 20.7 Å². The molecule has 0 bridgehead atoms. The minimum absolute atomic E-state index is 0.0708. The van der Waals surface area contributed by atoms with Gasteiger partial charge in [0.2, 0.25) is 5.91 Å². The van der Waals surface area contributed by atoms with Crippen LogP contribution in [-0.2, 0) is 14.3 Å². The number of primary amides is 1. The predicted molar refractivity (Wildman–Crippen MR) is 65.7 cm³/mol. The molecule has 3 N–H and O–H groups in total. The number of hydrogen-bond donors (Lipinski definition) is 2. The smallest absolute Gasteiger partial charge is 0.251 e. The summed E-state index contributed by atoms with van der Waals surface area (Å²) in [6.07, 6.45) is 1.73. The Morgan fingerprint density at radius 1 is 1.39 bits per heavy atom. The van der Waals surface area contributed by atoms with E-state index in [9.17, 15) is 9.59 Å². The monoisotopic (exact) mass is 255 g/mol. The van der Waals surface area contributed by atoms with Gasteiger partial charge in [-0.2, -0.15) is 0 Å². The first-order valence-corrected chi connectivity index (χ1v) is 6.46. The van der Waals surface area contributed by atoms with E-state index in [1.807, 2.05) is 0 Å². The van der Waals surface area contributed by atoms with Gasteiger partial charge in [0.1, 0.15) is 0 Å². The molecule has 0 aromatic carbocycles. The molecule has 0 aromatic rings. The molecule has 2 amide bonds. The summed E-state index contributed by atoms with van der Waals surface area (Å²) < 4.78 is 5.41. The van der Waals surface area contributed by atoms with Crippen LogP contribution in [0.15, 0.2) is 0 Å². The lowest BCUT2D eigenvalue weighted by Gasteiger charge is -2.40. The number of hydrogen-bond acceptors (Lipinski definition) is 4. The van der Waals surface area contributed by atoms with Crippen LogP contribution in [0.1, 0.15) is 19.8 Å². The van der Waals surface area contributed by atoms with Crippen molar-refractivity contribution in [2.24, 2.45) is 11.7 Å². The zero-order chi connectivity index (χ0) is 13.2. The van der Waals surface area contributed by atoms with Crippen LogP contribution in [-0.4, -0.2) is 55.1 Å². The Balaban J connectivity index is 1.99. The number of rotatable bonds is 2. The number of carbonyl (C=O) groups excluding carboxylic acids is 2. The van der Waals surface area contributed by atoms with Gasteiger partial charge in [-0.05, 0) is 32.9 Å². The van der Waals surface area contributed by atoms with Crippen LogP contribution >= 0.6 is 0 Å². The van der Waals surface area contributed by atoms with Crippen molar-refractivity contribution in [3.63, 3.8) is 0 Å². The van der Waals surface area contributed by atoms with E-state index < -0.39 is 11.5 Å². The highest BCUT2D eigenvalue weighted by Gasteiger charge is 2.40. The maximum Gasteiger partial charge on any atom is 0.251 e. The van der Waals surface area contributed by atoms with Gasteiger partial charge in [0.25, 0.3) is 5.91 Å². The van der Waals surface area contributed by atoms with Crippen LogP contribution in [0.5, 0.6) is 0 Å². The molecule has 2 aliphatic rings. The van der Waals surface area contributed by atoms with Crippen molar-refractivity contribution >= 4 is 11.8 Å². The first-order valence-electron chi connectivity index (χ1n) is 6.46. The van der Waals surface area contributed by atoms with E-state index in [2.05, 4.69) is 5.32 Å². The normalized spacial score (nSPS) is 30.2. The molecular formula is C12H21N3O3. The van der Waals surface area contributed by atoms with Gasteiger partial charge in [0.05, 0.1) is 13.2 Å². The van der Waals surface area contributed by atoms with Crippen molar-refractivity contribution in [3.8, 4) is 0 Å². The second kappa shape index (κ2) is 5.24. The van der Waals surface area contributed by atoms with Gasteiger partial charge in [-0.15, -0.1) is 0 Å². The first kappa shape index (κ1) is 13.3. The highest BCUT2D eigenvalue weighted by Crippen LogP contribution is 2.21. The van der Waals surface area contributed by atoms with E-state index in [0.717, 1.165) is 25.9 Å². The molecule has 1 atom stereocenters. The number of amides is 2. The average molecular weight is 255 g/mol. The summed E-state index contributed by atoms with van der Waals surface area (Å²) in [7, 11) is 0. The fraction of sp³-hybridized carbons (Fsp3) is 0.833. The summed E-state index contributed by atoms with van der Waals surface area (Å²) in [6.45, 7) is 4.60. The van der Waals surface area contributed by atoms with E-state index in [-0.39, 0.29) is 18.4 Å². The van der Waals surface area contributed by atoms with Gasteiger partial charge in [-0.25, -0.2) is 0 Å². The maximum absolute atomic E-state index is 12.4. The van der Waals surface area contributed by atoms with E-state index in [1.54, 1.807) is 11.8 Å². The molecule has 18 heavy (non-hydrogen) atoms. The number of morpholine rings is 1. The van der Waals surface area contributed by atoms with Crippen molar-refractivity contribution in [2.75, 3.05) is 32.8 Å². The number of nitrogens with two attached hydrogens (primary N) is 1. The quantitative estimate of drug-likeness (QED) is 0.669. The van der Waals surface area contributed by atoms with Gasteiger partial charge in [0, 0.05) is 12.5 Å². The number of ether oxygens (including phenoxy) is 1. The summed E-state index contributed by atoms with van der Waals surface area (Å²) in [6, 6.07) is 0. The van der Waals surface area contributed by atoms with E-state index in [4.69, 9.17) is 10.5 Å². The third-order valence-electron chi connectivity index (χ3n) is 3.80. The van der Waals surface area contributed by atoms with Gasteiger partial charge in [-0.3, -0.25) is 9.59 Å². The summed E-state index contributed by atoms with van der Waals surface area (Å²) in [5.74, 6) is -0.306. The van der Waals surface area contributed by atoms with Crippen molar-refractivity contribution in [1.29, 1.82) is 0 Å². The maximum atomic E-state index is 12.4. The topological polar surface area (TPSA) is 84.7 Å². The second-order valence-electron chi connectivity index (χ2n) is 5.23. The molecule has 0 spiro atoms. The predicted octanol–water partition coefficient (Wildman–Crippen LogP) is -0.911. The third-order valence-corrected chi connectivity index (χ3v) is 3.80. The molecule has 2 heterocycles. The Bertz CT molecular complexity index is 341. The number of piperidine rings is 1. The fourth-order valence-electron chi connectivity index (χ4n) is 2.53. The molecule has 0 aliphatic carbocycles. The van der Waals surface area contributed by atoms with Crippen molar-refractivity contribution in [3.05, 3.63) is 0 Å². The largest absolute Gasteiger partial charge is 0.367 e. The SMILES string of the molecule is C[C@]1(C(N)=O)CN(C(=O)C2CCNCC2)CCO1. The third kappa shape index (κ3) is 2.64. The standard InChI is InChI=1S/C12H21N3O3/c1-12(11(13)17)8-15(6-7-18-12)10(16)9-2-4-14-5-3-9/h9,14H,2-8H2,1H3,(H2,13,17)/t12-/m1/s1. The molecule has 2 fully saturated rings. The molecule has 6 nitrogen and oxygen atoms in total. The summed E-state index contributed by atoms with van der Waals surface area (Å²) in [4.78, 5) is 25.5. The lowest BCUT2D eigenvalue weighted by molar-refractivity contribution is -0.162. The van der Waals surface area contributed by atoms with E-state index in [1.165, 1.54) is 0 Å². The summed E-state index contributed by atoms with van der Waals surface area (Å²) in [5.41, 5.74) is 4.29. The Morgan fingerprint density at radius 3 is 2.67 bits per heavy atom. The van der Waals surface area contributed by atoms with Crippen LogP contribution in [0.3, 0.4) is 0 Å². The Kier molecular flexibility index (Phi) is 3.87. The van der Waals surface area contributed by atoms with Gasteiger partial charge >= 0.3 is 0 Å². The molecule has 2 saturated heterocycles. The molecule has 0 saturated carbocycles. The highest BCUT2D eigenvalue weighted by molar-refractivity contribution is 5.85. The molecule has 2 aliphatic heterocycles. The van der Waals surface area contributed by atoms with Gasteiger partial charge in [0.15, 0.2) is 5.60 Å². The van der Waals surface area contributed by atoms with Crippen LogP contribution in [0.2, 0.25) is 0 Å². The van der Waals surface area contributed by atoms with Crippen molar-refractivity contribution < 1.29 is 14.3 Å². The molecule has 2 rings (SSSR count). The second-order valence-corrected chi connectivity index (χ2v) is 5.23. The lowest BCUT2D eigenvalue weighted by atomic mass is 9.95. The van der Waals surface area contributed by atoms with Crippen LogP contribution < -0.4 is 11.1 Å². The summed E-state index contributed by atoms with van der Waals surface area (Å²) in [5, 5.41) is 3.24.